The predicted molar refractivity (Wildman–Crippen MR) is 119 cm³/mol. The first kappa shape index (κ1) is 20.3. The summed E-state index contributed by atoms with van der Waals surface area (Å²) in [7, 11) is 0. The molecule has 1 aliphatic rings. The molecule has 152 valence electrons. The van der Waals surface area contributed by atoms with E-state index in [0.29, 0.717) is 27.9 Å². The van der Waals surface area contributed by atoms with Crippen molar-refractivity contribution in [1.82, 2.24) is 19.5 Å². The molecule has 1 atom stereocenters. The topological polar surface area (TPSA) is 62.5 Å². The van der Waals surface area contributed by atoms with E-state index in [1.807, 2.05) is 36.4 Å². The number of benzene rings is 1. The number of hydrogen-bond acceptors (Lipinski definition) is 5. The van der Waals surface area contributed by atoms with Gasteiger partial charge in [-0.15, -0.1) is 0 Å². The Morgan fingerprint density at radius 3 is 2.90 bits per heavy atom. The summed E-state index contributed by atoms with van der Waals surface area (Å²) in [5.41, 5.74) is 3.70. The van der Waals surface area contributed by atoms with Crippen molar-refractivity contribution in [3.63, 3.8) is 0 Å². The Morgan fingerprint density at radius 1 is 1.28 bits per heavy atom. The molecular weight excluding hydrogens is 429 g/mol. The quantitative estimate of drug-likeness (QED) is 0.426. The van der Waals surface area contributed by atoms with E-state index in [9.17, 15) is 4.79 Å². The third-order valence-electron chi connectivity index (χ3n) is 5.12. The van der Waals surface area contributed by atoms with Crippen LogP contribution in [0.2, 0.25) is 10.2 Å². The molecule has 0 radical (unpaired) electrons. The molecule has 0 bridgehead atoms. The number of carbonyl (C=O) groups excluding carboxylic acids is 1. The normalized spacial score (nSPS) is 17.0. The van der Waals surface area contributed by atoms with E-state index in [1.165, 1.54) is 11.9 Å². The van der Waals surface area contributed by atoms with Crippen molar-refractivity contribution < 1.29 is 4.79 Å². The molecule has 2 aromatic heterocycles. The highest BCUT2D eigenvalue weighted by Gasteiger charge is 2.32. The van der Waals surface area contributed by atoms with Crippen LogP contribution >= 0.6 is 35.1 Å². The minimum atomic E-state index is -0.113. The van der Waals surface area contributed by atoms with Crippen molar-refractivity contribution in [3.05, 3.63) is 57.5 Å². The summed E-state index contributed by atoms with van der Waals surface area (Å²) in [5, 5.41) is 5.70. The van der Waals surface area contributed by atoms with E-state index in [1.54, 1.807) is 16.6 Å². The Bertz CT molecular complexity index is 1030. The van der Waals surface area contributed by atoms with Gasteiger partial charge >= 0.3 is 0 Å². The summed E-state index contributed by atoms with van der Waals surface area (Å²) in [6, 6.07) is 7.15. The zero-order valence-corrected chi connectivity index (χ0v) is 18.5. The molecule has 3 aromatic rings. The number of hydrogen-bond donors (Lipinski definition) is 1. The van der Waals surface area contributed by atoms with Crippen molar-refractivity contribution in [2.45, 2.75) is 32.2 Å². The third kappa shape index (κ3) is 4.04. The van der Waals surface area contributed by atoms with Gasteiger partial charge in [-0.3, -0.25) is 4.79 Å². The van der Waals surface area contributed by atoms with E-state index in [-0.39, 0.29) is 11.9 Å². The number of aryl methyl sites for hydroxylation is 1. The van der Waals surface area contributed by atoms with Crippen LogP contribution in [0, 0.1) is 6.92 Å². The van der Waals surface area contributed by atoms with Gasteiger partial charge in [0, 0.05) is 35.6 Å². The van der Waals surface area contributed by atoms with E-state index in [4.69, 9.17) is 28.3 Å². The maximum Gasteiger partial charge on any atom is 0.256 e. The van der Waals surface area contributed by atoms with Crippen LogP contribution in [-0.2, 0) is 0 Å². The number of nitrogens with zero attached hydrogens (tertiary/aromatic N) is 4. The fourth-order valence-electron chi connectivity index (χ4n) is 3.70. The second kappa shape index (κ2) is 8.42. The van der Waals surface area contributed by atoms with Crippen molar-refractivity contribution in [3.8, 4) is 0 Å². The summed E-state index contributed by atoms with van der Waals surface area (Å²) >= 11 is 13.8. The zero-order valence-electron chi connectivity index (χ0n) is 16.2. The number of halogens is 2. The number of amides is 1. The molecule has 4 rings (SSSR count). The van der Waals surface area contributed by atoms with Crippen LogP contribution < -0.4 is 4.72 Å². The molecule has 0 saturated carbocycles. The Hall–Kier alpha value is -1.96. The molecule has 1 saturated heterocycles. The highest BCUT2D eigenvalue weighted by molar-refractivity contribution is 7.99. The number of carbonyl (C=O) groups is 1. The zero-order chi connectivity index (χ0) is 20.5. The average molecular weight is 450 g/mol. The lowest BCUT2D eigenvalue weighted by atomic mass is 9.98. The maximum absolute atomic E-state index is 13.5. The monoisotopic (exact) mass is 449 g/mol. The Morgan fingerprint density at radius 2 is 2.10 bits per heavy atom. The second-order valence-electron chi connectivity index (χ2n) is 7.09. The molecule has 1 aliphatic heterocycles. The molecule has 9 heteroatoms. The van der Waals surface area contributed by atoms with Gasteiger partial charge in [-0.05, 0) is 44.4 Å². The van der Waals surface area contributed by atoms with E-state index in [2.05, 4.69) is 9.71 Å². The van der Waals surface area contributed by atoms with Crippen LogP contribution in [0.1, 0.15) is 46.9 Å². The largest absolute Gasteiger partial charge is 0.330 e. The summed E-state index contributed by atoms with van der Waals surface area (Å²) in [6.45, 7) is 2.57. The van der Waals surface area contributed by atoms with Crippen molar-refractivity contribution in [2.24, 2.45) is 0 Å². The highest BCUT2D eigenvalue weighted by atomic mass is 35.5. The number of aromatic nitrogens is 3. The molecule has 0 spiro atoms. The highest BCUT2D eigenvalue weighted by Crippen LogP contribution is 2.34. The van der Waals surface area contributed by atoms with Crippen molar-refractivity contribution in [1.29, 1.82) is 0 Å². The number of piperidine rings is 1. The first-order valence-electron chi connectivity index (χ1n) is 9.40. The third-order valence-corrected chi connectivity index (χ3v) is 6.16. The van der Waals surface area contributed by atoms with E-state index >= 15 is 0 Å². The van der Waals surface area contributed by atoms with Gasteiger partial charge in [0.05, 0.1) is 23.0 Å². The Labute approximate surface area is 183 Å². The minimum absolute atomic E-state index is 0.0482. The molecule has 1 fully saturated rings. The standard InChI is InChI=1S/C20H21Cl2N5OS/c1-12-11-27-18(23-19(12)22)10-16(24-27)17-5-3-4-8-26(17)20(28)14-9-13(21)6-7-15(14)25-29-2/h6-7,9-11,17,25H,3-5,8H2,1-2H3. The Kier molecular flexibility index (Phi) is 5.90. The summed E-state index contributed by atoms with van der Waals surface area (Å²) in [6.07, 6.45) is 6.64. The molecule has 29 heavy (non-hydrogen) atoms. The molecule has 0 aliphatic carbocycles. The van der Waals surface area contributed by atoms with Crippen LogP contribution in [0.3, 0.4) is 0 Å². The van der Waals surface area contributed by atoms with Gasteiger partial charge in [0.15, 0.2) is 5.65 Å². The fourth-order valence-corrected chi connectivity index (χ4v) is 4.40. The second-order valence-corrected chi connectivity index (χ2v) is 8.50. The lowest BCUT2D eigenvalue weighted by Crippen LogP contribution is -2.39. The van der Waals surface area contributed by atoms with E-state index in [0.717, 1.165) is 36.2 Å². The molecular formula is C20H21Cl2N5OS. The summed E-state index contributed by atoms with van der Waals surface area (Å²) in [5.74, 6) is -0.0482. The molecule has 1 aromatic carbocycles. The SMILES string of the molecule is CSNc1ccc(Cl)cc1C(=O)N1CCCCC1c1cc2nc(Cl)c(C)cn2n1. The van der Waals surface area contributed by atoms with Gasteiger partial charge in [-0.1, -0.05) is 35.1 Å². The number of fused-ring (bicyclic) bond motifs is 1. The average Bonchev–Trinajstić information content (AvgIpc) is 3.12. The maximum atomic E-state index is 13.5. The van der Waals surface area contributed by atoms with E-state index < -0.39 is 0 Å². The minimum Gasteiger partial charge on any atom is -0.330 e. The van der Waals surface area contributed by atoms with Gasteiger partial charge in [-0.25, -0.2) is 9.50 Å². The summed E-state index contributed by atoms with van der Waals surface area (Å²) < 4.78 is 4.91. The summed E-state index contributed by atoms with van der Waals surface area (Å²) in [4.78, 5) is 19.8. The first-order valence-corrected chi connectivity index (χ1v) is 11.4. The van der Waals surface area contributed by atoms with Crippen LogP contribution in [0.4, 0.5) is 5.69 Å². The lowest BCUT2D eigenvalue weighted by molar-refractivity contribution is 0.0607. The molecule has 1 amide bonds. The van der Waals surface area contributed by atoms with Crippen LogP contribution in [0.15, 0.2) is 30.5 Å². The number of likely N-dealkylation sites (tertiary alicyclic amines) is 1. The van der Waals surface area contributed by atoms with Crippen LogP contribution in [0.25, 0.3) is 5.65 Å². The van der Waals surface area contributed by atoms with Crippen molar-refractivity contribution >= 4 is 52.4 Å². The number of anilines is 1. The van der Waals surface area contributed by atoms with Gasteiger partial charge in [-0.2, -0.15) is 5.10 Å². The molecule has 3 heterocycles. The van der Waals surface area contributed by atoms with Gasteiger partial charge in [0.2, 0.25) is 0 Å². The first-order chi connectivity index (χ1) is 14.0. The smallest absolute Gasteiger partial charge is 0.256 e. The Balaban J connectivity index is 1.71. The van der Waals surface area contributed by atoms with Gasteiger partial charge in [0.1, 0.15) is 5.15 Å². The number of nitrogens with one attached hydrogen (secondary N) is 1. The van der Waals surface area contributed by atoms with Gasteiger partial charge in [0.25, 0.3) is 5.91 Å². The van der Waals surface area contributed by atoms with Crippen LogP contribution in [0.5, 0.6) is 0 Å². The number of rotatable bonds is 4. The van der Waals surface area contributed by atoms with Crippen molar-refractivity contribution in [2.75, 3.05) is 17.5 Å². The van der Waals surface area contributed by atoms with Gasteiger partial charge < -0.3 is 9.62 Å². The molecule has 1 N–H and O–H groups in total. The molecule has 1 unspecified atom stereocenters. The van der Waals surface area contributed by atoms with Crippen LogP contribution in [-0.4, -0.2) is 38.2 Å². The molecule has 6 nitrogen and oxygen atoms in total. The lowest BCUT2D eigenvalue weighted by Gasteiger charge is -2.35. The fraction of sp³-hybridized carbons (Fsp3) is 0.350. The predicted octanol–water partition coefficient (Wildman–Crippen LogP) is 5.40.